The van der Waals surface area contributed by atoms with Crippen LogP contribution in [0.15, 0.2) is 30.3 Å². The molecule has 1 aromatic carbocycles. The first-order valence-corrected chi connectivity index (χ1v) is 7.36. The van der Waals surface area contributed by atoms with Crippen LogP contribution < -0.4 is 0 Å². The van der Waals surface area contributed by atoms with Crippen LogP contribution in [-0.4, -0.2) is 48.8 Å². The van der Waals surface area contributed by atoms with Gasteiger partial charge in [-0.05, 0) is 31.5 Å². The third kappa shape index (κ3) is 4.32. The van der Waals surface area contributed by atoms with Crippen LogP contribution in [0.5, 0.6) is 0 Å². The fourth-order valence-electron chi connectivity index (χ4n) is 2.56. The van der Waals surface area contributed by atoms with Crippen molar-refractivity contribution in [2.75, 3.05) is 32.8 Å². The molecule has 1 aromatic rings. The van der Waals surface area contributed by atoms with Gasteiger partial charge >= 0.3 is 5.97 Å². The zero-order valence-corrected chi connectivity index (χ0v) is 11.8. The molecule has 0 bridgehead atoms. The minimum atomic E-state index is -0.572. The smallest absolute Gasteiger partial charge is 0.315 e. The predicted molar refractivity (Wildman–Crippen MR) is 77.5 cm³/mol. The van der Waals surface area contributed by atoms with Crippen molar-refractivity contribution in [3.05, 3.63) is 35.9 Å². The number of nitrogens with zero attached hydrogens (tertiary/aromatic N) is 1. The molecule has 1 atom stereocenters. The van der Waals surface area contributed by atoms with Gasteiger partial charge in [-0.1, -0.05) is 36.8 Å². The minimum absolute atomic E-state index is 0.216. The number of hydrogen-bond donors (Lipinski definition) is 1. The molecule has 1 aliphatic heterocycles. The van der Waals surface area contributed by atoms with E-state index in [-0.39, 0.29) is 12.6 Å². The molecule has 0 radical (unpaired) electrons. The molecule has 1 N–H and O–H groups in total. The summed E-state index contributed by atoms with van der Waals surface area (Å²) in [6.07, 6.45) is 3.77. The van der Waals surface area contributed by atoms with Crippen molar-refractivity contribution in [3.8, 4) is 0 Å². The zero-order valence-electron chi connectivity index (χ0n) is 11.8. The Kier molecular flexibility index (Phi) is 6.02. The third-order valence-corrected chi connectivity index (χ3v) is 3.77. The predicted octanol–water partition coefficient (Wildman–Crippen LogP) is 1.79. The first kappa shape index (κ1) is 15.0. The fourth-order valence-corrected chi connectivity index (χ4v) is 2.56. The number of hydrogen-bond acceptors (Lipinski definition) is 4. The number of aliphatic hydroxyl groups is 1. The number of benzene rings is 1. The van der Waals surface area contributed by atoms with Gasteiger partial charge in [0.25, 0.3) is 0 Å². The summed E-state index contributed by atoms with van der Waals surface area (Å²) in [6.45, 7) is 3.17. The fraction of sp³-hybridized carbons (Fsp3) is 0.562. The highest BCUT2D eigenvalue weighted by atomic mass is 16.5. The van der Waals surface area contributed by atoms with E-state index in [1.54, 1.807) is 0 Å². The van der Waals surface area contributed by atoms with Gasteiger partial charge < -0.3 is 9.84 Å². The molecule has 1 aliphatic rings. The normalized spacial score (nSPS) is 17.6. The van der Waals surface area contributed by atoms with E-state index in [1.807, 2.05) is 30.3 Å². The average molecular weight is 277 g/mol. The van der Waals surface area contributed by atoms with E-state index in [9.17, 15) is 9.90 Å². The molecule has 0 aliphatic carbocycles. The van der Waals surface area contributed by atoms with Crippen molar-refractivity contribution < 1.29 is 14.6 Å². The molecular weight excluding hydrogens is 254 g/mol. The Labute approximate surface area is 120 Å². The van der Waals surface area contributed by atoms with Gasteiger partial charge in [-0.25, -0.2) is 0 Å². The van der Waals surface area contributed by atoms with E-state index in [0.29, 0.717) is 6.61 Å². The number of ether oxygens (including phenoxy) is 1. The summed E-state index contributed by atoms with van der Waals surface area (Å²) < 4.78 is 5.31. The Morgan fingerprint density at radius 3 is 2.55 bits per heavy atom. The van der Waals surface area contributed by atoms with Gasteiger partial charge in [0.05, 0.1) is 6.61 Å². The number of carbonyl (C=O) groups is 1. The molecule has 1 unspecified atom stereocenters. The largest absolute Gasteiger partial charge is 0.464 e. The summed E-state index contributed by atoms with van der Waals surface area (Å²) in [7, 11) is 0. The van der Waals surface area contributed by atoms with Crippen molar-refractivity contribution in [1.29, 1.82) is 0 Å². The highest BCUT2D eigenvalue weighted by Gasteiger charge is 2.21. The van der Waals surface area contributed by atoms with Crippen LogP contribution in [0.2, 0.25) is 0 Å². The average Bonchev–Trinajstić information content (AvgIpc) is 2.50. The van der Waals surface area contributed by atoms with Gasteiger partial charge in [0.1, 0.15) is 12.5 Å². The number of likely N-dealkylation sites (tertiary alicyclic amines) is 1. The molecule has 4 heteroatoms. The molecule has 20 heavy (non-hydrogen) atoms. The van der Waals surface area contributed by atoms with E-state index < -0.39 is 5.92 Å². The lowest BCUT2D eigenvalue weighted by Gasteiger charge is -2.26. The minimum Gasteiger partial charge on any atom is -0.464 e. The van der Waals surface area contributed by atoms with Gasteiger partial charge in [-0.2, -0.15) is 0 Å². The number of esters is 1. The molecular formula is C16H23NO3. The monoisotopic (exact) mass is 277 g/mol. The maximum atomic E-state index is 12.0. The second kappa shape index (κ2) is 8.02. The Morgan fingerprint density at radius 1 is 1.20 bits per heavy atom. The third-order valence-electron chi connectivity index (χ3n) is 3.77. The van der Waals surface area contributed by atoms with E-state index in [0.717, 1.165) is 25.2 Å². The summed E-state index contributed by atoms with van der Waals surface area (Å²) in [5, 5.41) is 9.39. The van der Waals surface area contributed by atoms with Crippen molar-refractivity contribution in [2.24, 2.45) is 0 Å². The van der Waals surface area contributed by atoms with Crippen molar-refractivity contribution in [2.45, 2.75) is 25.2 Å². The second-order valence-electron chi connectivity index (χ2n) is 5.22. The molecule has 2 rings (SSSR count). The maximum absolute atomic E-state index is 12.0. The summed E-state index contributed by atoms with van der Waals surface area (Å²) in [4.78, 5) is 14.3. The van der Waals surface area contributed by atoms with Crippen LogP contribution in [0.25, 0.3) is 0 Å². The van der Waals surface area contributed by atoms with E-state index in [4.69, 9.17) is 4.74 Å². The van der Waals surface area contributed by atoms with Gasteiger partial charge in [0.15, 0.2) is 0 Å². The quantitative estimate of drug-likeness (QED) is 0.805. The topological polar surface area (TPSA) is 49.8 Å². The van der Waals surface area contributed by atoms with E-state index >= 15 is 0 Å². The standard InChI is InChI=1S/C16H23NO3/c18-13-15(14-7-3-1-4-8-14)16(19)20-12-11-17-9-5-2-6-10-17/h1,3-4,7-8,15,18H,2,5-6,9-13H2. The van der Waals surface area contributed by atoms with Crippen LogP contribution in [-0.2, 0) is 9.53 Å². The Bertz CT molecular complexity index is 401. The molecule has 0 saturated carbocycles. The molecule has 0 amide bonds. The van der Waals surface area contributed by atoms with Crippen LogP contribution in [0.3, 0.4) is 0 Å². The SMILES string of the molecule is O=C(OCCN1CCCCC1)C(CO)c1ccccc1. The molecule has 110 valence electrons. The summed E-state index contributed by atoms with van der Waals surface area (Å²) in [5.74, 6) is -0.909. The Morgan fingerprint density at radius 2 is 1.90 bits per heavy atom. The number of piperidine rings is 1. The Balaban J connectivity index is 1.78. The van der Waals surface area contributed by atoms with Crippen LogP contribution in [0.1, 0.15) is 30.7 Å². The van der Waals surface area contributed by atoms with Crippen molar-refractivity contribution in [3.63, 3.8) is 0 Å². The van der Waals surface area contributed by atoms with Crippen LogP contribution in [0, 0.1) is 0 Å². The first-order valence-electron chi connectivity index (χ1n) is 7.36. The lowest BCUT2D eigenvalue weighted by atomic mass is 10.0. The van der Waals surface area contributed by atoms with Crippen molar-refractivity contribution in [1.82, 2.24) is 4.90 Å². The van der Waals surface area contributed by atoms with E-state index in [1.165, 1.54) is 19.3 Å². The zero-order chi connectivity index (χ0) is 14.2. The van der Waals surface area contributed by atoms with E-state index in [2.05, 4.69) is 4.90 Å². The molecule has 4 nitrogen and oxygen atoms in total. The number of carbonyl (C=O) groups excluding carboxylic acids is 1. The molecule has 0 aromatic heterocycles. The number of rotatable bonds is 6. The van der Waals surface area contributed by atoms with Crippen molar-refractivity contribution >= 4 is 5.97 Å². The van der Waals surface area contributed by atoms with Crippen LogP contribution in [0.4, 0.5) is 0 Å². The van der Waals surface area contributed by atoms with Crippen LogP contribution >= 0.6 is 0 Å². The molecule has 1 heterocycles. The maximum Gasteiger partial charge on any atom is 0.315 e. The highest BCUT2D eigenvalue weighted by Crippen LogP contribution is 2.16. The Hall–Kier alpha value is -1.39. The molecule has 0 spiro atoms. The van der Waals surface area contributed by atoms with Gasteiger partial charge in [-0.15, -0.1) is 0 Å². The lowest BCUT2D eigenvalue weighted by molar-refractivity contribution is -0.147. The lowest BCUT2D eigenvalue weighted by Crippen LogP contribution is -2.33. The summed E-state index contributed by atoms with van der Waals surface area (Å²) in [5.41, 5.74) is 0.804. The first-order chi connectivity index (χ1) is 9.81. The second-order valence-corrected chi connectivity index (χ2v) is 5.22. The molecule has 1 saturated heterocycles. The number of aliphatic hydroxyl groups excluding tert-OH is 1. The molecule has 1 fully saturated rings. The van der Waals surface area contributed by atoms with Gasteiger partial charge in [0.2, 0.25) is 0 Å². The summed E-state index contributed by atoms with van der Waals surface area (Å²) in [6, 6.07) is 9.29. The van der Waals surface area contributed by atoms with Gasteiger partial charge in [-0.3, -0.25) is 9.69 Å². The highest BCUT2D eigenvalue weighted by molar-refractivity contribution is 5.78. The summed E-state index contributed by atoms with van der Waals surface area (Å²) >= 11 is 0. The van der Waals surface area contributed by atoms with Gasteiger partial charge in [0, 0.05) is 6.54 Å².